The summed E-state index contributed by atoms with van der Waals surface area (Å²) in [4.78, 5) is 93.1. The molecule has 3 rings (SSSR count). The Bertz CT molecular complexity index is 1810. The van der Waals surface area contributed by atoms with Crippen molar-refractivity contribution in [3.8, 4) is 0 Å². The minimum absolute atomic E-state index is 0.171. The molecule has 0 saturated heterocycles. The molecule has 0 aliphatic rings. The van der Waals surface area contributed by atoms with E-state index in [4.69, 9.17) is 19.0 Å². The highest BCUT2D eigenvalue weighted by molar-refractivity contribution is 5.97. The molecule has 0 saturated carbocycles. The Morgan fingerprint density at radius 1 is 0.769 bits per heavy atom. The number of anilines is 3. The Balaban J connectivity index is 1.77. The van der Waals surface area contributed by atoms with Crippen molar-refractivity contribution < 1.29 is 52.6 Å². The van der Waals surface area contributed by atoms with E-state index in [1.165, 1.54) is 41.1 Å². The Kier molecular flexibility index (Phi) is 15.2. The summed E-state index contributed by atoms with van der Waals surface area (Å²) in [6.45, 7) is 6.52. The lowest BCUT2D eigenvalue weighted by molar-refractivity contribution is -0.130. The number of carbonyl (C=O) groups excluding carboxylic acids is 7. The zero-order valence-corrected chi connectivity index (χ0v) is 29.1. The van der Waals surface area contributed by atoms with Gasteiger partial charge < -0.3 is 23.9 Å². The van der Waals surface area contributed by atoms with Crippen molar-refractivity contribution in [2.24, 2.45) is 0 Å². The molecule has 16 heteroatoms. The second kappa shape index (κ2) is 19.7. The van der Waals surface area contributed by atoms with Crippen LogP contribution in [0.5, 0.6) is 0 Å². The van der Waals surface area contributed by atoms with Gasteiger partial charge in [0, 0.05) is 35.1 Å². The van der Waals surface area contributed by atoms with Gasteiger partial charge in [-0.05, 0) is 61.7 Å². The molecule has 0 spiro atoms. The smallest absolute Gasteiger partial charge is 0.412 e. The van der Waals surface area contributed by atoms with E-state index in [1.54, 1.807) is 51.1 Å². The van der Waals surface area contributed by atoms with E-state index in [-0.39, 0.29) is 23.6 Å². The van der Waals surface area contributed by atoms with Crippen molar-refractivity contribution in [3.05, 3.63) is 101 Å². The number of hydrogen-bond donors (Lipinski definition) is 2. The van der Waals surface area contributed by atoms with E-state index >= 15 is 0 Å². The molecule has 52 heavy (non-hydrogen) atoms. The molecular weight excluding hydrogens is 678 g/mol. The van der Waals surface area contributed by atoms with Gasteiger partial charge in [0.2, 0.25) is 0 Å². The number of nitrogens with zero attached hydrogens (tertiary/aromatic N) is 3. The quantitative estimate of drug-likeness (QED) is 0.0806. The van der Waals surface area contributed by atoms with Crippen molar-refractivity contribution in [2.75, 3.05) is 56.1 Å². The van der Waals surface area contributed by atoms with E-state index in [2.05, 4.69) is 17.2 Å². The Labute approximate surface area is 299 Å². The van der Waals surface area contributed by atoms with Crippen LogP contribution in [0.15, 0.2) is 67.4 Å². The highest BCUT2D eigenvalue weighted by Crippen LogP contribution is 2.24. The van der Waals surface area contributed by atoms with Gasteiger partial charge in [-0.3, -0.25) is 34.6 Å². The number of aldehydes is 3. The van der Waals surface area contributed by atoms with Crippen LogP contribution < -0.4 is 15.7 Å². The van der Waals surface area contributed by atoms with Crippen molar-refractivity contribution in [1.82, 2.24) is 9.80 Å². The highest BCUT2D eigenvalue weighted by atomic mass is 16.7. The molecular formula is C36H39N5O11. The normalized spacial score (nSPS) is 10.4. The molecule has 0 bridgehead atoms. The largest absolute Gasteiger partial charge is 0.492 e. The van der Waals surface area contributed by atoms with Crippen LogP contribution in [-0.2, 0) is 28.6 Å². The van der Waals surface area contributed by atoms with Gasteiger partial charge in [-0.15, -0.1) is 0 Å². The van der Waals surface area contributed by atoms with Crippen molar-refractivity contribution in [1.29, 1.82) is 0 Å². The number of ether oxygens (including phenoxy) is 3. The molecule has 0 aliphatic carbocycles. The first kappa shape index (κ1) is 40.0. The molecule has 0 aliphatic heterocycles. The predicted molar refractivity (Wildman–Crippen MR) is 189 cm³/mol. The maximum absolute atomic E-state index is 13.4. The summed E-state index contributed by atoms with van der Waals surface area (Å²) in [6, 6.07) is 13.9. The number of hydroxylamine groups is 1. The number of aryl methyl sites for hydroxylation is 3. The standard InChI is InChI=1S/C36H39N5O11/c1-6-49-20-33(45)41(52-14-13-42)29-12-9-26(4)32(17-29)38-36(48)51-23-40(21-39(5)34(46)30-15-27(18-43)10-7-24(30)2)22-50-35(47)37-31-16-28(19-44)11-8-25(31)3/h6-13,15-19H,1,14,20-23H2,2-5H3,(H,37,47)(H,38,48). The van der Waals surface area contributed by atoms with Gasteiger partial charge in [0.25, 0.3) is 11.8 Å². The van der Waals surface area contributed by atoms with Crippen LogP contribution in [0, 0.1) is 20.8 Å². The molecule has 2 N–H and O–H groups in total. The van der Waals surface area contributed by atoms with Gasteiger partial charge in [0.15, 0.2) is 20.1 Å². The molecule has 0 aromatic heterocycles. The van der Waals surface area contributed by atoms with E-state index < -0.39 is 50.7 Å². The van der Waals surface area contributed by atoms with E-state index in [9.17, 15) is 33.6 Å². The van der Waals surface area contributed by atoms with Crippen LogP contribution in [0.2, 0.25) is 0 Å². The Hall–Kier alpha value is -6.39. The van der Waals surface area contributed by atoms with Gasteiger partial charge in [-0.1, -0.05) is 36.9 Å². The fourth-order valence-electron chi connectivity index (χ4n) is 4.53. The van der Waals surface area contributed by atoms with Crippen LogP contribution in [0.3, 0.4) is 0 Å². The topological polar surface area (TPSA) is 190 Å². The van der Waals surface area contributed by atoms with Crippen molar-refractivity contribution in [2.45, 2.75) is 20.8 Å². The third-order valence-electron chi connectivity index (χ3n) is 7.29. The second-order valence-electron chi connectivity index (χ2n) is 11.2. The maximum atomic E-state index is 13.4. The Morgan fingerprint density at radius 3 is 1.90 bits per heavy atom. The van der Waals surface area contributed by atoms with Crippen LogP contribution in [0.4, 0.5) is 26.7 Å². The average molecular weight is 718 g/mol. The highest BCUT2D eigenvalue weighted by Gasteiger charge is 2.22. The molecule has 274 valence electrons. The molecule has 16 nitrogen and oxygen atoms in total. The number of nitrogens with one attached hydrogen (secondary N) is 2. The lowest BCUT2D eigenvalue weighted by Crippen LogP contribution is -2.43. The fraction of sp³-hybridized carbons (Fsp3) is 0.250. The summed E-state index contributed by atoms with van der Waals surface area (Å²) >= 11 is 0. The minimum Gasteiger partial charge on any atom is -0.492 e. The summed E-state index contributed by atoms with van der Waals surface area (Å²) in [7, 11) is 1.48. The van der Waals surface area contributed by atoms with Gasteiger partial charge in [-0.2, -0.15) is 5.06 Å². The Morgan fingerprint density at radius 2 is 1.33 bits per heavy atom. The van der Waals surface area contributed by atoms with Gasteiger partial charge >= 0.3 is 12.2 Å². The van der Waals surface area contributed by atoms with Crippen LogP contribution in [-0.4, -0.2) is 93.1 Å². The number of rotatable bonds is 18. The summed E-state index contributed by atoms with van der Waals surface area (Å²) in [5.41, 5.74) is 3.53. The van der Waals surface area contributed by atoms with Crippen LogP contribution in [0.25, 0.3) is 0 Å². The lowest BCUT2D eigenvalue weighted by atomic mass is 10.0. The average Bonchev–Trinajstić information content (AvgIpc) is 3.13. The first-order valence-corrected chi connectivity index (χ1v) is 15.6. The molecule has 0 fully saturated rings. The van der Waals surface area contributed by atoms with Crippen LogP contribution >= 0.6 is 0 Å². The zero-order chi connectivity index (χ0) is 38.2. The number of amides is 4. The monoisotopic (exact) mass is 717 g/mol. The number of hydrogen-bond acceptors (Lipinski definition) is 12. The number of benzene rings is 3. The van der Waals surface area contributed by atoms with E-state index in [0.717, 1.165) is 11.3 Å². The molecule has 4 amide bonds. The first-order chi connectivity index (χ1) is 24.9. The SMILES string of the molecule is C=COCC(=O)N(OCC=O)c1ccc(C)c(NC(=O)OCN(COC(=O)Nc2cc(C=O)ccc2C)CN(C)C(=O)c2cc(C=O)ccc2C)c1. The molecule has 3 aromatic carbocycles. The molecule has 0 radical (unpaired) electrons. The van der Waals surface area contributed by atoms with Gasteiger partial charge in [0.1, 0.15) is 25.5 Å². The fourth-order valence-corrected chi connectivity index (χ4v) is 4.53. The minimum atomic E-state index is -0.943. The van der Waals surface area contributed by atoms with E-state index in [1.807, 2.05) is 0 Å². The van der Waals surface area contributed by atoms with Gasteiger partial charge in [0.05, 0.1) is 18.6 Å². The maximum Gasteiger partial charge on any atom is 0.412 e. The third-order valence-corrected chi connectivity index (χ3v) is 7.29. The summed E-state index contributed by atoms with van der Waals surface area (Å²) in [5.74, 6) is -1.11. The predicted octanol–water partition coefficient (Wildman–Crippen LogP) is 4.60. The summed E-state index contributed by atoms with van der Waals surface area (Å²) in [6.07, 6.45) is 0.957. The van der Waals surface area contributed by atoms with Crippen molar-refractivity contribution >= 4 is 59.9 Å². The first-order valence-electron chi connectivity index (χ1n) is 15.6. The number of carbonyl (C=O) groups is 7. The lowest BCUT2D eigenvalue weighted by Gasteiger charge is -2.27. The van der Waals surface area contributed by atoms with Crippen molar-refractivity contribution in [3.63, 3.8) is 0 Å². The molecule has 0 unspecified atom stereocenters. The molecule has 0 heterocycles. The van der Waals surface area contributed by atoms with Gasteiger partial charge in [-0.25, -0.2) is 14.5 Å². The summed E-state index contributed by atoms with van der Waals surface area (Å²) in [5, 5.41) is 5.98. The van der Waals surface area contributed by atoms with E-state index in [0.29, 0.717) is 52.4 Å². The third kappa shape index (κ3) is 11.6. The van der Waals surface area contributed by atoms with Crippen LogP contribution in [0.1, 0.15) is 47.8 Å². The molecule has 0 atom stereocenters. The zero-order valence-electron chi connectivity index (χ0n) is 29.1. The molecule has 3 aromatic rings. The second-order valence-corrected chi connectivity index (χ2v) is 11.2. The summed E-state index contributed by atoms with van der Waals surface area (Å²) < 4.78 is 15.7.